The summed E-state index contributed by atoms with van der Waals surface area (Å²) in [4.78, 5) is 2.67. The Morgan fingerprint density at radius 1 is 1.07 bits per heavy atom. The van der Waals surface area contributed by atoms with Gasteiger partial charge in [0.2, 0.25) is 0 Å². The predicted molar refractivity (Wildman–Crippen MR) is 117 cm³/mol. The second-order valence-electron chi connectivity index (χ2n) is 8.48. The molecular weight excluding hydrogens is 437 g/mol. The maximum absolute atomic E-state index is 5.79. The molecule has 152 valence electrons. The first-order valence-electron chi connectivity index (χ1n) is 10.9. The third kappa shape index (κ3) is 7.38. The summed E-state index contributed by atoms with van der Waals surface area (Å²) in [6, 6.07) is 11.6. The first kappa shape index (κ1) is 23.3. The van der Waals surface area contributed by atoms with Gasteiger partial charge in [0.25, 0.3) is 0 Å². The zero-order valence-corrected chi connectivity index (χ0v) is 23.9. The molecule has 0 saturated carbocycles. The van der Waals surface area contributed by atoms with Crippen molar-refractivity contribution in [1.82, 2.24) is 4.90 Å². The monoisotopic (exact) mass is 477 g/mol. The molecule has 0 spiro atoms. The summed E-state index contributed by atoms with van der Waals surface area (Å²) in [5, 5.41) is 0. The molecule has 0 N–H and O–H groups in total. The molecule has 1 aromatic rings. The Bertz CT molecular complexity index is 512. The van der Waals surface area contributed by atoms with Crippen molar-refractivity contribution in [3.8, 4) is 0 Å². The van der Waals surface area contributed by atoms with Crippen LogP contribution in [0.15, 0.2) is 30.3 Å². The van der Waals surface area contributed by atoms with Crippen molar-refractivity contribution in [2.45, 2.75) is 80.8 Å². The number of rotatable bonds is 11. The SMILES string of the molecule is CCCC(OC)C(CC[CH]([InH2])[C@H]1CCN(Cc2ccccc2)[C@H](C)C1)OC. The molecular formula is C23H40InNO2. The number of piperidine rings is 1. The molecule has 1 saturated heterocycles. The van der Waals surface area contributed by atoms with E-state index in [1.165, 1.54) is 31.4 Å². The fourth-order valence-corrected chi connectivity index (χ4v) is 7.36. The summed E-state index contributed by atoms with van der Waals surface area (Å²) in [5.74, 6) is 0.924. The van der Waals surface area contributed by atoms with Crippen molar-refractivity contribution in [3.63, 3.8) is 0 Å². The molecule has 1 fully saturated rings. The molecule has 1 aromatic carbocycles. The van der Waals surface area contributed by atoms with Crippen LogP contribution in [0, 0.1) is 5.92 Å². The van der Waals surface area contributed by atoms with Crippen LogP contribution in [-0.4, -0.2) is 68.3 Å². The predicted octanol–water partition coefficient (Wildman–Crippen LogP) is 4.32. The van der Waals surface area contributed by atoms with E-state index in [1.54, 1.807) is 0 Å². The average molecular weight is 477 g/mol. The molecule has 3 nitrogen and oxygen atoms in total. The van der Waals surface area contributed by atoms with E-state index in [9.17, 15) is 0 Å². The number of benzene rings is 1. The fourth-order valence-electron chi connectivity index (χ4n) is 4.69. The van der Waals surface area contributed by atoms with Crippen LogP contribution < -0.4 is 0 Å². The van der Waals surface area contributed by atoms with Gasteiger partial charge < -0.3 is 0 Å². The van der Waals surface area contributed by atoms with Crippen molar-refractivity contribution >= 4 is 24.4 Å². The molecule has 0 amide bonds. The van der Waals surface area contributed by atoms with E-state index in [0.29, 0.717) is 30.4 Å². The summed E-state index contributed by atoms with van der Waals surface area (Å²) < 4.78 is 12.4. The Labute approximate surface area is 181 Å². The maximum atomic E-state index is 5.79. The first-order chi connectivity index (χ1) is 13.1. The second-order valence-corrected chi connectivity index (χ2v) is 12.7. The van der Waals surface area contributed by atoms with Gasteiger partial charge in [-0.2, -0.15) is 0 Å². The van der Waals surface area contributed by atoms with Crippen molar-refractivity contribution in [1.29, 1.82) is 0 Å². The first-order valence-corrected chi connectivity index (χ1v) is 14.2. The molecule has 5 atom stereocenters. The molecule has 1 aliphatic heterocycles. The number of hydrogen-bond donors (Lipinski definition) is 0. The number of nitrogens with zero attached hydrogens (tertiary/aromatic N) is 1. The molecule has 2 rings (SSSR count). The van der Waals surface area contributed by atoms with E-state index in [2.05, 4.69) is 49.1 Å². The molecule has 0 aromatic heterocycles. The zero-order chi connectivity index (χ0) is 19.6. The molecule has 27 heavy (non-hydrogen) atoms. The Morgan fingerprint density at radius 2 is 1.74 bits per heavy atom. The summed E-state index contributed by atoms with van der Waals surface area (Å²) in [5.41, 5.74) is 1.44. The molecule has 3 unspecified atom stereocenters. The van der Waals surface area contributed by atoms with Gasteiger partial charge in [0.1, 0.15) is 0 Å². The van der Waals surface area contributed by atoms with Crippen molar-refractivity contribution in [2.24, 2.45) is 5.92 Å². The van der Waals surface area contributed by atoms with E-state index in [4.69, 9.17) is 9.47 Å². The number of hydrogen-bond acceptors (Lipinski definition) is 3. The third-order valence-corrected chi connectivity index (χ3v) is 10.9. The van der Waals surface area contributed by atoms with Gasteiger partial charge in [0, 0.05) is 0 Å². The van der Waals surface area contributed by atoms with Gasteiger partial charge >= 0.3 is 182 Å². The van der Waals surface area contributed by atoms with Crippen molar-refractivity contribution in [2.75, 3.05) is 20.8 Å². The summed E-state index contributed by atoms with van der Waals surface area (Å²) in [6.45, 7) is 7.01. The van der Waals surface area contributed by atoms with Gasteiger partial charge in [-0.05, 0) is 0 Å². The molecule has 0 aliphatic carbocycles. The van der Waals surface area contributed by atoms with E-state index in [0.717, 1.165) is 35.4 Å². The molecule has 0 bridgehead atoms. The topological polar surface area (TPSA) is 21.7 Å². The van der Waals surface area contributed by atoms with Crippen LogP contribution in [0.4, 0.5) is 0 Å². The van der Waals surface area contributed by atoms with E-state index < -0.39 is 0 Å². The van der Waals surface area contributed by atoms with Crippen molar-refractivity contribution in [3.05, 3.63) is 35.9 Å². The number of methoxy groups -OCH3 is 2. The van der Waals surface area contributed by atoms with Crippen LogP contribution in [0.25, 0.3) is 0 Å². The third-order valence-electron chi connectivity index (χ3n) is 6.59. The molecule has 4 heteroatoms. The van der Waals surface area contributed by atoms with Gasteiger partial charge in [-0.1, -0.05) is 0 Å². The van der Waals surface area contributed by atoms with Crippen LogP contribution in [0.1, 0.15) is 57.9 Å². The molecule has 1 aliphatic rings. The minimum absolute atomic E-state index is 0.258. The minimum atomic E-state index is 0.258. The summed E-state index contributed by atoms with van der Waals surface area (Å²) in [6.07, 6.45) is 8.00. The second kappa shape index (κ2) is 12.5. The van der Waals surface area contributed by atoms with E-state index in [1.807, 2.05) is 14.2 Å². The van der Waals surface area contributed by atoms with Crippen LogP contribution in [0.2, 0.25) is 3.67 Å². The van der Waals surface area contributed by atoms with Gasteiger partial charge in [-0.15, -0.1) is 0 Å². The fraction of sp³-hybridized carbons (Fsp3) is 0.739. The van der Waals surface area contributed by atoms with Crippen LogP contribution in [0.3, 0.4) is 0 Å². The standard InChI is InChI=1S/C23H38NO2.In.2H/c1-5-10-22(25-3)23(26-4)14-9-13-20-15-16-24(19(2)17-20)18-21-11-7-6-8-12-21;;;/h6-8,11-13,19-20,22-23H,5,9-10,14-18H2,1-4H3;;;/t19-,20+,22?,23?;;;/m1.../s1. The molecule has 1 heterocycles. The van der Waals surface area contributed by atoms with Gasteiger partial charge in [0.15, 0.2) is 0 Å². The van der Waals surface area contributed by atoms with Gasteiger partial charge in [0.05, 0.1) is 0 Å². The Kier molecular flexibility index (Phi) is 10.8. The number of likely N-dealkylation sites (tertiary alicyclic amines) is 1. The van der Waals surface area contributed by atoms with Crippen LogP contribution in [0.5, 0.6) is 0 Å². The quantitative estimate of drug-likeness (QED) is 0.474. The Balaban J connectivity index is 1.79. The van der Waals surface area contributed by atoms with Crippen LogP contribution in [-0.2, 0) is 16.0 Å². The zero-order valence-electron chi connectivity index (χ0n) is 18.2. The van der Waals surface area contributed by atoms with Crippen molar-refractivity contribution < 1.29 is 9.47 Å². The van der Waals surface area contributed by atoms with Crippen LogP contribution >= 0.6 is 0 Å². The Hall–Kier alpha value is -0.0299. The van der Waals surface area contributed by atoms with E-state index >= 15 is 0 Å². The van der Waals surface area contributed by atoms with E-state index in [-0.39, 0.29) is 12.2 Å². The molecule has 0 radical (unpaired) electrons. The average Bonchev–Trinajstić information content (AvgIpc) is 2.69. The summed E-state index contributed by atoms with van der Waals surface area (Å²) >= 11 is 0.692. The van der Waals surface area contributed by atoms with Gasteiger partial charge in [-0.25, -0.2) is 0 Å². The Morgan fingerprint density at radius 3 is 2.33 bits per heavy atom. The van der Waals surface area contributed by atoms with Gasteiger partial charge in [-0.3, -0.25) is 0 Å². The summed E-state index contributed by atoms with van der Waals surface area (Å²) in [7, 11) is 3.68. The number of ether oxygens (including phenoxy) is 2. The normalized spacial score (nSPS) is 24.4.